The summed E-state index contributed by atoms with van der Waals surface area (Å²) >= 11 is 0. The predicted molar refractivity (Wildman–Crippen MR) is 79.0 cm³/mol. The number of hydrogen-bond acceptors (Lipinski definition) is 6. The van der Waals surface area contributed by atoms with E-state index in [1.165, 1.54) is 0 Å². The normalized spacial score (nSPS) is 10.5. The van der Waals surface area contributed by atoms with Crippen molar-refractivity contribution >= 4 is 11.7 Å². The van der Waals surface area contributed by atoms with Crippen molar-refractivity contribution in [2.45, 2.75) is 6.42 Å². The third kappa shape index (κ3) is 9.01. The van der Waals surface area contributed by atoms with Crippen molar-refractivity contribution in [3.05, 3.63) is 29.8 Å². The highest BCUT2D eigenvalue weighted by Gasteiger charge is 2.04. The van der Waals surface area contributed by atoms with Gasteiger partial charge in [0.15, 0.2) is 0 Å². The summed E-state index contributed by atoms with van der Waals surface area (Å²) in [6, 6.07) is 7.18. The summed E-state index contributed by atoms with van der Waals surface area (Å²) in [5, 5.41) is 0. The number of carbonyl (C=O) groups is 1. The average molecular weight is 297 g/mol. The molecule has 0 amide bonds. The Kier molecular flexibility index (Phi) is 9.19. The van der Waals surface area contributed by atoms with E-state index >= 15 is 0 Å². The Morgan fingerprint density at radius 3 is 2.38 bits per heavy atom. The standard InChI is InChI=1S/C15H23NO5/c1-18-5-6-19-7-8-20-9-10-21-15(17)12-13-3-2-4-14(16)11-13/h2-4,11H,5-10,12,16H2,1H3. The fraction of sp³-hybridized carbons (Fsp3) is 0.533. The Morgan fingerprint density at radius 2 is 1.71 bits per heavy atom. The summed E-state index contributed by atoms with van der Waals surface area (Å²) in [5.41, 5.74) is 7.12. The van der Waals surface area contributed by atoms with E-state index in [9.17, 15) is 4.79 Å². The molecular weight excluding hydrogens is 274 g/mol. The zero-order valence-corrected chi connectivity index (χ0v) is 12.4. The molecule has 1 rings (SSSR count). The zero-order chi connectivity index (χ0) is 15.3. The highest BCUT2D eigenvalue weighted by molar-refractivity contribution is 5.72. The Balaban J connectivity index is 1.99. The molecule has 0 aliphatic heterocycles. The Hall–Kier alpha value is -1.63. The van der Waals surface area contributed by atoms with Gasteiger partial charge in [0.1, 0.15) is 6.61 Å². The molecule has 0 aliphatic rings. The van der Waals surface area contributed by atoms with Gasteiger partial charge in [-0.15, -0.1) is 0 Å². The number of ether oxygens (including phenoxy) is 4. The number of nitrogen functional groups attached to an aromatic ring is 1. The lowest BCUT2D eigenvalue weighted by atomic mass is 10.1. The van der Waals surface area contributed by atoms with Crippen LogP contribution in [-0.2, 0) is 30.2 Å². The Labute approximate surface area is 125 Å². The fourth-order valence-electron chi connectivity index (χ4n) is 1.60. The van der Waals surface area contributed by atoms with Crippen LogP contribution in [0.3, 0.4) is 0 Å². The van der Waals surface area contributed by atoms with Crippen molar-refractivity contribution in [3.8, 4) is 0 Å². The molecule has 1 aromatic rings. The minimum atomic E-state index is -0.291. The van der Waals surface area contributed by atoms with Gasteiger partial charge in [-0.1, -0.05) is 12.1 Å². The second-order valence-electron chi connectivity index (χ2n) is 4.36. The van der Waals surface area contributed by atoms with Crippen LogP contribution in [0.5, 0.6) is 0 Å². The van der Waals surface area contributed by atoms with Gasteiger partial charge >= 0.3 is 5.97 Å². The number of rotatable bonds is 11. The van der Waals surface area contributed by atoms with Crippen LogP contribution >= 0.6 is 0 Å². The van der Waals surface area contributed by atoms with Crippen molar-refractivity contribution in [2.75, 3.05) is 52.5 Å². The van der Waals surface area contributed by atoms with Crippen LogP contribution in [0.4, 0.5) is 5.69 Å². The van der Waals surface area contributed by atoms with Gasteiger partial charge in [0.05, 0.1) is 39.5 Å². The molecule has 0 fully saturated rings. The molecule has 0 aromatic heterocycles. The van der Waals surface area contributed by atoms with E-state index in [1.807, 2.05) is 12.1 Å². The van der Waals surface area contributed by atoms with Gasteiger partial charge < -0.3 is 24.7 Å². The van der Waals surface area contributed by atoms with Crippen LogP contribution in [0, 0.1) is 0 Å². The number of hydrogen-bond donors (Lipinski definition) is 1. The van der Waals surface area contributed by atoms with Gasteiger partial charge in [-0.2, -0.15) is 0 Å². The second kappa shape index (κ2) is 11.1. The first-order chi connectivity index (χ1) is 10.2. The van der Waals surface area contributed by atoms with Gasteiger partial charge in [-0.3, -0.25) is 4.79 Å². The first-order valence-electron chi connectivity index (χ1n) is 6.87. The van der Waals surface area contributed by atoms with E-state index in [-0.39, 0.29) is 19.0 Å². The molecule has 21 heavy (non-hydrogen) atoms. The van der Waals surface area contributed by atoms with Gasteiger partial charge in [0.2, 0.25) is 0 Å². The molecule has 0 radical (unpaired) electrons. The first kappa shape index (κ1) is 17.4. The van der Waals surface area contributed by atoms with Crippen LogP contribution in [0.15, 0.2) is 24.3 Å². The van der Waals surface area contributed by atoms with Crippen molar-refractivity contribution in [1.82, 2.24) is 0 Å². The molecule has 2 N–H and O–H groups in total. The molecule has 0 aliphatic carbocycles. The zero-order valence-electron chi connectivity index (χ0n) is 12.4. The maximum Gasteiger partial charge on any atom is 0.310 e. The highest BCUT2D eigenvalue weighted by atomic mass is 16.6. The molecule has 118 valence electrons. The molecule has 0 atom stereocenters. The molecule has 6 nitrogen and oxygen atoms in total. The molecule has 0 saturated heterocycles. The third-order valence-electron chi connectivity index (χ3n) is 2.59. The van der Waals surface area contributed by atoms with Crippen molar-refractivity contribution in [1.29, 1.82) is 0 Å². The van der Waals surface area contributed by atoms with Crippen LogP contribution in [0.2, 0.25) is 0 Å². The third-order valence-corrected chi connectivity index (χ3v) is 2.59. The van der Waals surface area contributed by atoms with Crippen LogP contribution in [0.25, 0.3) is 0 Å². The van der Waals surface area contributed by atoms with E-state index in [0.717, 1.165) is 5.56 Å². The molecule has 0 heterocycles. The minimum Gasteiger partial charge on any atom is -0.463 e. The maximum absolute atomic E-state index is 11.6. The van der Waals surface area contributed by atoms with Crippen LogP contribution in [0.1, 0.15) is 5.56 Å². The van der Waals surface area contributed by atoms with E-state index in [2.05, 4.69) is 0 Å². The van der Waals surface area contributed by atoms with Crippen molar-refractivity contribution < 1.29 is 23.7 Å². The SMILES string of the molecule is COCCOCCOCCOC(=O)Cc1cccc(N)c1. The van der Waals surface area contributed by atoms with E-state index in [0.29, 0.717) is 38.7 Å². The number of carbonyl (C=O) groups excluding carboxylic acids is 1. The summed E-state index contributed by atoms with van der Waals surface area (Å²) in [6.45, 7) is 2.68. The predicted octanol–water partition coefficient (Wildman–Crippen LogP) is 1.03. The van der Waals surface area contributed by atoms with Gasteiger partial charge in [-0.05, 0) is 17.7 Å². The lowest BCUT2D eigenvalue weighted by Gasteiger charge is -2.07. The topological polar surface area (TPSA) is 80.0 Å². The number of benzene rings is 1. The highest BCUT2D eigenvalue weighted by Crippen LogP contribution is 2.07. The van der Waals surface area contributed by atoms with Crippen LogP contribution < -0.4 is 5.73 Å². The first-order valence-corrected chi connectivity index (χ1v) is 6.87. The second-order valence-corrected chi connectivity index (χ2v) is 4.36. The number of nitrogens with two attached hydrogens (primary N) is 1. The number of esters is 1. The molecule has 1 aromatic carbocycles. The lowest BCUT2D eigenvalue weighted by Crippen LogP contribution is -2.15. The Bertz CT molecular complexity index is 411. The molecular formula is C15H23NO5. The van der Waals surface area contributed by atoms with Gasteiger partial charge in [0.25, 0.3) is 0 Å². The molecule has 0 unspecified atom stereocenters. The van der Waals surface area contributed by atoms with E-state index < -0.39 is 0 Å². The summed E-state index contributed by atoms with van der Waals surface area (Å²) in [6.07, 6.45) is 0.213. The summed E-state index contributed by atoms with van der Waals surface area (Å²) < 4.78 is 20.4. The van der Waals surface area contributed by atoms with E-state index in [1.54, 1.807) is 19.2 Å². The molecule has 0 saturated carbocycles. The average Bonchev–Trinajstić information content (AvgIpc) is 2.45. The quantitative estimate of drug-likeness (QED) is 0.373. The Morgan fingerprint density at radius 1 is 1.05 bits per heavy atom. The summed E-state index contributed by atoms with van der Waals surface area (Å²) in [5.74, 6) is -0.291. The maximum atomic E-state index is 11.6. The minimum absolute atomic E-state index is 0.213. The number of methoxy groups -OCH3 is 1. The van der Waals surface area contributed by atoms with Gasteiger partial charge in [0, 0.05) is 12.8 Å². The number of anilines is 1. The smallest absolute Gasteiger partial charge is 0.310 e. The summed E-state index contributed by atoms with van der Waals surface area (Å²) in [4.78, 5) is 11.6. The molecule has 6 heteroatoms. The summed E-state index contributed by atoms with van der Waals surface area (Å²) in [7, 11) is 1.62. The van der Waals surface area contributed by atoms with Crippen molar-refractivity contribution in [3.63, 3.8) is 0 Å². The fourth-order valence-corrected chi connectivity index (χ4v) is 1.60. The van der Waals surface area contributed by atoms with E-state index in [4.69, 9.17) is 24.7 Å². The molecule has 0 bridgehead atoms. The van der Waals surface area contributed by atoms with Crippen LogP contribution in [-0.4, -0.2) is 52.7 Å². The largest absolute Gasteiger partial charge is 0.463 e. The van der Waals surface area contributed by atoms with Gasteiger partial charge in [-0.25, -0.2) is 0 Å². The monoisotopic (exact) mass is 297 g/mol. The van der Waals surface area contributed by atoms with Crippen molar-refractivity contribution in [2.24, 2.45) is 0 Å². The molecule has 0 spiro atoms. The lowest BCUT2D eigenvalue weighted by molar-refractivity contribution is -0.144.